The van der Waals surface area contributed by atoms with Crippen LogP contribution in [0.2, 0.25) is 5.15 Å². The van der Waals surface area contributed by atoms with Crippen molar-refractivity contribution in [1.29, 1.82) is 0 Å². The molecule has 0 bridgehead atoms. The average Bonchev–Trinajstić information content (AvgIpc) is 3.20. The standard InChI is InChI=1S/C25H28ClN5O2/c1-4-19(9-12-30-13-10-21-23(26)28-16-29-25(21)30)15-31(18(3)32)11-5-6-20-8-7-17(2)22(14-20)24(27)33/h7-8,10,13-14,16,19H,4,9,11-12,15H2,1-3H3,(H2,27,33). The number of aryl methyl sites for hydroxylation is 2. The van der Waals surface area contributed by atoms with E-state index in [1.807, 2.05) is 31.3 Å². The molecule has 2 N–H and O–H groups in total. The first-order valence-corrected chi connectivity index (χ1v) is 11.3. The third-order valence-corrected chi connectivity index (χ3v) is 6.09. The number of rotatable bonds is 8. The maximum Gasteiger partial charge on any atom is 0.249 e. The molecular weight excluding hydrogens is 438 g/mol. The maximum absolute atomic E-state index is 12.2. The summed E-state index contributed by atoms with van der Waals surface area (Å²) in [6, 6.07) is 7.28. The van der Waals surface area contributed by atoms with Gasteiger partial charge >= 0.3 is 0 Å². The van der Waals surface area contributed by atoms with Crippen LogP contribution in [0.3, 0.4) is 0 Å². The normalized spacial score (nSPS) is 11.6. The van der Waals surface area contributed by atoms with E-state index in [4.69, 9.17) is 17.3 Å². The first-order chi connectivity index (χ1) is 15.8. The molecule has 0 aliphatic carbocycles. The van der Waals surface area contributed by atoms with Gasteiger partial charge in [-0.15, -0.1) is 0 Å². The number of hydrogen-bond donors (Lipinski definition) is 1. The van der Waals surface area contributed by atoms with Crippen molar-refractivity contribution < 1.29 is 9.59 Å². The lowest BCUT2D eigenvalue weighted by Crippen LogP contribution is -2.34. The second-order valence-corrected chi connectivity index (χ2v) is 8.43. The van der Waals surface area contributed by atoms with E-state index in [-0.39, 0.29) is 5.91 Å². The number of fused-ring (bicyclic) bond motifs is 1. The Hall–Kier alpha value is -3.37. The Balaban J connectivity index is 1.64. The van der Waals surface area contributed by atoms with Gasteiger partial charge in [-0.05, 0) is 43.0 Å². The largest absolute Gasteiger partial charge is 0.366 e. The van der Waals surface area contributed by atoms with Gasteiger partial charge in [-0.2, -0.15) is 0 Å². The number of primary amides is 1. The molecule has 2 amide bonds. The van der Waals surface area contributed by atoms with Gasteiger partial charge in [0.1, 0.15) is 17.1 Å². The lowest BCUT2D eigenvalue weighted by atomic mass is 10.0. The molecule has 33 heavy (non-hydrogen) atoms. The summed E-state index contributed by atoms with van der Waals surface area (Å²) in [4.78, 5) is 33.9. The van der Waals surface area contributed by atoms with E-state index in [0.29, 0.717) is 35.3 Å². The molecule has 1 aromatic carbocycles. The summed E-state index contributed by atoms with van der Waals surface area (Å²) in [5.41, 5.74) is 8.20. The molecule has 0 aliphatic heterocycles. The fourth-order valence-corrected chi connectivity index (χ4v) is 3.91. The minimum atomic E-state index is -0.475. The van der Waals surface area contributed by atoms with E-state index in [9.17, 15) is 9.59 Å². The smallest absolute Gasteiger partial charge is 0.249 e. The average molecular weight is 466 g/mol. The van der Waals surface area contributed by atoms with Crippen LogP contribution in [0.4, 0.5) is 0 Å². The Labute approximate surface area is 198 Å². The van der Waals surface area contributed by atoms with Crippen LogP contribution in [0.1, 0.15) is 48.2 Å². The predicted octanol–water partition coefficient (Wildman–Crippen LogP) is 3.81. The minimum absolute atomic E-state index is 0.0181. The molecule has 3 rings (SSSR count). The highest BCUT2D eigenvalue weighted by molar-refractivity contribution is 6.33. The van der Waals surface area contributed by atoms with Crippen molar-refractivity contribution in [1.82, 2.24) is 19.4 Å². The Morgan fingerprint density at radius 3 is 2.76 bits per heavy atom. The Morgan fingerprint density at radius 1 is 1.27 bits per heavy atom. The van der Waals surface area contributed by atoms with E-state index >= 15 is 0 Å². The van der Waals surface area contributed by atoms with Gasteiger partial charge in [-0.1, -0.05) is 42.9 Å². The lowest BCUT2D eigenvalue weighted by molar-refractivity contribution is -0.128. The molecule has 0 saturated heterocycles. The highest BCUT2D eigenvalue weighted by Crippen LogP contribution is 2.21. The highest BCUT2D eigenvalue weighted by Gasteiger charge is 2.16. The van der Waals surface area contributed by atoms with Crippen LogP contribution in [-0.4, -0.2) is 44.3 Å². The summed E-state index contributed by atoms with van der Waals surface area (Å²) in [6.07, 6.45) is 5.26. The van der Waals surface area contributed by atoms with Gasteiger partial charge in [-0.3, -0.25) is 9.59 Å². The zero-order valence-corrected chi connectivity index (χ0v) is 19.9. The summed E-state index contributed by atoms with van der Waals surface area (Å²) in [6.45, 7) is 7.23. The number of carbonyl (C=O) groups excluding carboxylic acids is 2. The lowest BCUT2D eigenvalue weighted by Gasteiger charge is -2.24. The van der Waals surface area contributed by atoms with Crippen molar-refractivity contribution in [3.63, 3.8) is 0 Å². The van der Waals surface area contributed by atoms with Crippen molar-refractivity contribution in [3.8, 4) is 11.8 Å². The molecule has 3 aromatic rings. The topological polar surface area (TPSA) is 94.1 Å². The van der Waals surface area contributed by atoms with Crippen molar-refractivity contribution >= 4 is 34.4 Å². The van der Waals surface area contributed by atoms with E-state index in [0.717, 1.165) is 36.0 Å². The van der Waals surface area contributed by atoms with Crippen LogP contribution in [0.15, 0.2) is 36.8 Å². The van der Waals surface area contributed by atoms with Gasteiger partial charge in [0.15, 0.2) is 0 Å². The van der Waals surface area contributed by atoms with Crippen molar-refractivity contribution in [2.45, 2.75) is 40.2 Å². The number of carbonyl (C=O) groups is 2. The van der Waals surface area contributed by atoms with E-state index in [1.54, 1.807) is 17.9 Å². The molecule has 7 nitrogen and oxygen atoms in total. The molecule has 1 atom stereocenters. The summed E-state index contributed by atoms with van der Waals surface area (Å²) in [5.74, 6) is 5.92. The number of nitrogens with zero attached hydrogens (tertiary/aromatic N) is 4. The number of hydrogen-bond acceptors (Lipinski definition) is 4. The molecule has 8 heteroatoms. The highest BCUT2D eigenvalue weighted by atomic mass is 35.5. The molecule has 0 spiro atoms. The van der Waals surface area contributed by atoms with Gasteiger partial charge in [0.05, 0.1) is 11.9 Å². The summed E-state index contributed by atoms with van der Waals surface area (Å²) in [5, 5.41) is 1.28. The minimum Gasteiger partial charge on any atom is -0.366 e. The second kappa shape index (κ2) is 11.0. The third-order valence-electron chi connectivity index (χ3n) is 5.79. The molecule has 2 heterocycles. The van der Waals surface area contributed by atoms with Gasteiger partial charge in [0, 0.05) is 37.3 Å². The van der Waals surface area contributed by atoms with E-state index < -0.39 is 5.91 Å². The van der Waals surface area contributed by atoms with Crippen LogP contribution < -0.4 is 5.73 Å². The van der Waals surface area contributed by atoms with Gasteiger partial charge in [-0.25, -0.2) is 9.97 Å². The van der Waals surface area contributed by atoms with Crippen LogP contribution in [-0.2, 0) is 11.3 Å². The zero-order chi connectivity index (χ0) is 24.0. The monoisotopic (exact) mass is 465 g/mol. The first kappa shape index (κ1) is 24.3. The Kier molecular flexibility index (Phi) is 8.07. The van der Waals surface area contributed by atoms with Crippen molar-refractivity contribution in [2.24, 2.45) is 11.7 Å². The van der Waals surface area contributed by atoms with Gasteiger partial charge in [0.25, 0.3) is 0 Å². The van der Waals surface area contributed by atoms with E-state index in [1.165, 1.54) is 6.33 Å². The van der Waals surface area contributed by atoms with Crippen LogP contribution in [0.25, 0.3) is 11.0 Å². The quantitative estimate of drug-likeness (QED) is 0.404. The second-order valence-electron chi connectivity index (χ2n) is 8.07. The SMILES string of the molecule is CCC(CCn1ccc2c(Cl)ncnc21)CN(CC#Cc1ccc(C)c(C(N)=O)c1)C(C)=O. The Morgan fingerprint density at radius 2 is 2.06 bits per heavy atom. The van der Waals surface area contributed by atoms with Crippen molar-refractivity contribution in [3.05, 3.63) is 58.6 Å². The molecular formula is C25H28ClN5O2. The number of halogens is 1. The third kappa shape index (κ3) is 6.11. The molecule has 2 aromatic heterocycles. The molecule has 0 fully saturated rings. The molecule has 172 valence electrons. The van der Waals surface area contributed by atoms with E-state index in [2.05, 4.69) is 33.3 Å². The molecule has 1 unspecified atom stereocenters. The summed E-state index contributed by atoms with van der Waals surface area (Å²) in [7, 11) is 0. The van der Waals surface area contributed by atoms with Crippen LogP contribution in [0.5, 0.6) is 0 Å². The first-order valence-electron chi connectivity index (χ1n) is 10.9. The van der Waals surface area contributed by atoms with Gasteiger partial charge in [0.2, 0.25) is 11.8 Å². The van der Waals surface area contributed by atoms with Gasteiger partial charge < -0.3 is 15.2 Å². The summed E-state index contributed by atoms with van der Waals surface area (Å²) >= 11 is 6.14. The number of aromatic nitrogens is 3. The maximum atomic E-state index is 12.2. The molecule has 0 aliphatic rings. The fraction of sp³-hybridized carbons (Fsp3) is 0.360. The summed E-state index contributed by atoms with van der Waals surface area (Å²) < 4.78 is 2.07. The van der Waals surface area contributed by atoms with Crippen LogP contribution in [0, 0.1) is 24.7 Å². The molecule has 0 saturated carbocycles. The van der Waals surface area contributed by atoms with Crippen molar-refractivity contribution in [2.75, 3.05) is 13.1 Å². The molecule has 0 radical (unpaired) electrons. The predicted molar refractivity (Wildman–Crippen MR) is 130 cm³/mol. The number of amides is 2. The number of nitrogens with two attached hydrogens (primary N) is 1. The fourth-order valence-electron chi connectivity index (χ4n) is 3.72. The Bertz CT molecular complexity index is 1220. The zero-order valence-electron chi connectivity index (χ0n) is 19.1. The van der Waals surface area contributed by atoms with Crippen LogP contribution >= 0.6 is 11.6 Å². The number of benzene rings is 1.